The molecule has 2 aliphatic rings. The molecule has 1 aliphatic heterocycles. The van der Waals surface area contributed by atoms with Crippen LogP contribution < -0.4 is 0 Å². The number of nitrogens with zero attached hydrogens (tertiary/aromatic N) is 2. The molecule has 0 aromatic heterocycles. The Kier molecular flexibility index (Phi) is 0.803. The lowest BCUT2D eigenvalue weighted by Gasteiger charge is -2.05. The maximum Gasteiger partial charge on any atom is 0.0951 e. The molecule has 1 heterocycles. The van der Waals surface area contributed by atoms with Crippen LogP contribution >= 0.6 is 15.9 Å². The summed E-state index contributed by atoms with van der Waals surface area (Å²) in [6.45, 7) is 5.32. The van der Waals surface area contributed by atoms with Crippen LogP contribution in [0.4, 0.5) is 0 Å². The van der Waals surface area contributed by atoms with Crippen molar-refractivity contribution in [3.05, 3.63) is 0 Å². The zero-order chi connectivity index (χ0) is 6.70. The first-order chi connectivity index (χ1) is 4.09. The van der Waals surface area contributed by atoms with Crippen LogP contribution in [-0.2, 0) is 0 Å². The van der Waals surface area contributed by atoms with Gasteiger partial charge in [0.15, 0.2) is 0 Å². The van der Waals surface area contributed by atoms with Gasteiger partial charge in [-0.05, 0) is 0 Å². The van der Waals surface area contributed by atoms with Crippen molar-refractivity contribution in [2.75, 3.05) is 6.54 Å². The topological polar surface area (TPSA) is 24.7 Å². The monoisotopic (exact) mass is 188 g/mol. The van der Waals surface area contributed by atoms with E-state index in [1.807, 2.05) is 0 Å². The van der Waals surface area contributed by atoms with Gasteiger partial charge in [0.05, 0.1) is 16.9 Å². The minimum atomic E-state index is 0.236. The van der Waals surface area contributed by atoms with Gasteiger partial charge in [-0.3, -0.25) is 0 Å². The first kappa shape index (κ1) is 5.83. The average molecular weight is 189 g/mol. The molecule has 0 amide bonds. The average Bonchev–Trinajstić information content (AvgIpc) is 2.21. The van der Waals surface area contributed by atoms with E-state index in [1.54, 1.807) is 0 Å². The molecule has 0 spiro atoms. The summed E-state index contributed by atoms with van der Waals surface area (Å²) in [4.78, 5) is 0. The van der Waals surface area contributed by atoms with E-state index in [-0.39, 0.29) is 4.32 Å². The lowest BCUT2D eigenvalue weighted by atomic mass is 10.1. The summed E-state index contributed by atoms with van der Waals surface area (Å²) in [6, 6.07) is 0.449. The molecule has 1 fully saturated rings. The van der Waals surface area contributed by atoms with Crippen molar-refractivity contribution in [1.82, 2.24) is 0 Å². The maximum atomic E-state index is 4.11. The molecule has 0 aromatic carbocycles. The summed E-state index contributed by atoms with van der Waals surface area (Å²) >= 11 is 3.65. The van der Waals surface area contributed by atoms with Crippen molar-refractivity contribution < 1.29 is 0 Å². The highest BCUT2D eigenvalue weighted by atomic mass is 79.9. The summed E-state index contributed by atoms with van der Waals surface area (Å²) in [7, 11) is 0. The zero-order valence-electron chi connectivity index (χ0n) is 5.56. The molecule has 0 aromatic rings. The van der Waals surface area contributed by atoms with Crippen LogP contribution in [0, 0.1) is 5.41 Å². The molecular weight excluding hydrogens is 180 g/mol. The van der Waals surface area contributed by atoms with Gasteiger partial charge in [-0.25, -0.2) is 0 Å². The van der Waals surface area contributed by atoms with E-state index in [9.17, 15) is 0 Å². The molecule has 0 bridgehead atoms. The van der Waals surface area contributed by atoms with Gasteiger partial charge in [-0.2, -0.15) is 10.2 Å². The largest absolute Gasteiger partial charge is 0.192 e. The van der Waals surface area contributed by atoms with E-state index < -0.39 is 0 Å². The van der Waals surface area contributed by atoms with Gasteiger partial charge >= 0.3 is 0 Å². The molecule has 2 nitrogen and oxygen atoms in total. The predicted molar refractivity (Wildman–Crippen MR) is 39.0 cm³/mol. The third kappa shape index (κ3) is 0.439. The van der Waals surface area contributed by atoms with Gasteiger partial charge in [0.1, 0.15) is 0 Å². The minimum absolute atomic E-state index is 0.236. The molecule has 50 valence electrons. The van der Waals surface area contributed by atoms with Crippen LogP contribution in [0.25, 0.3) is 0 Å². The molecule has 2 rings (SSSR count). The number of alkyl halides is 1. The van der Waals surface area contributed by atoms with Crippen LogP contribution in [0.1, 0.15) is 13.8 Å². The number of azo groups is 1. The number of hydrogen-bond acceptors (Lipinski definition) is 2. The van der Waals surface area contributed by atoms with Crippen LogP contribution in [0.2, 0.25) is 0 Å². The molecule has 1 saturated carbocycles. The van der Waals surface area contributed by atoms with Crippen molar-refractivity contribution in [2.45, 2.75) is 24.2 Å². The fourth-order valence-electron chi connectivity index (χ4n) is 1.52. The van der Waals surface area contributed by atoms with Crippen molar-refractivity contribution in [3.8, 4) is 0 Å². The van der Waals surface area contributed by atoms with Crippen LogP contribution in [-0.4, -0.2) is 16.9 Å². The Hall–Kier alpha value is 0.0800. The highest BCUT2D eigenvalue weighted by Gasteiger charge is 2.73. The van der Waals surface area contributed by atoms with E-state index in [0.29, 0.717) is 11.5 Å². The quantitative estimate of drug-likeness (QED) is 0.520. The van der Waals surface area contributed by atoms with Gasteiger partial charge in [-0.15, -0.1) is 0 Å². The van der Waals surface area contributed by atoms with Crippen molar-refractivity contribution >= 4 is 15.9 Å². The summed E-state index contributed by atoms with van der Waals surface area (Å²) in [5.74, 6) is 0. The highest BCUT2D eigenvalue weighted by molar-refractivity contribution is 9.10. The summed E-state index contributed by atoms with van der Waals surface area (Å²) in [6.07, 6.45) is 0. The molecule has 2 atom stereocenters. The van der Waals surface area contributed by atoms with Crippen LogP contribution in [0.3, 0.4) is 0 Å². The molecular formula is C6H9BrN2. The van der Waals surface area contributed by atoms with E-state index in [2.05, 4.69) is 40.0 Å². The van der Waals surface area contributed by atoms with E-state index in [1.165, 1.54) is 0 Å². The molecule has 1 aliphatic carbocycles. The standard InChI is InChI=1S/C6H9BrN2/c1-5(2)4-6(5,7)3-8-9-4/h4H,3H2,1-2H3. The zero-order valence-corrected chi connectivity index (χ0v) is 7.14. The smallest absolute Gasteiger partial charge is 0.0951 e. The molecule has 3 heteroatoms. The van der Waals surface area contributed by atoms with Gasteiger partial charge in [0, 0.05) is 5.41 Å². The summed E-state index contributed by atoms with van der Waals surface area (Å²) < 4.78 is 0.236. The Morgan fingerprint density at radius 3 is 2.44 bits per heavy atom. The van der Waals surface area contributed by atoms with Gasteiger partial charge in [-0.1, -0.05) is 29.8 Å². The van der Waals surface area contributed by atoms with Crippen LogP contribution in [0.5, 0.6) is 0 Å². The highest BCUT2D eigenvalue weighted by Crippen LogP contribution is 2.66. The van der Waals surface area contributed by atoms with Gasteiger partial charge in [0.25, 0.3) is 0 Å². The van der Waals surface area contributed by atoms with Crippen LogP contribution in [0.15, 0.2) is 10.2 Å². The SMILES string of the molecule is CC1(C)C2N=NCC21Br. The lowest BCUT2D eigenvalue weighted by molar-refractivity contribution is 0.551. The van der Waals surface area contributed by atoms with Gasteiger partial charge < -0.3 is 0 Å². The second-order valence-electron chi connectivity index (χ2n) is 3.40. The third-order valence-corrected chi connectivity index (χ3v) is 4.31. The van der Waals surface area contributed by atoms with E-state index >= 15 is 0 Å². The molecule has 2 unspecified atom stereocenters. The van der Waals surface area contributed by atoms with Crippen molar-refractivity contribution in [3.63, 3.8) is 0 Å². The first-order valence-electron chi connectivity index (χ1n) is 3.14. The van der Waals surface area contributed by atoms with E-state index in [4.69, 9.17) is 0 Å². The summed E-state index contributed by atoms with van der Waals surface area (Å²) in [5, 5.41) is 8.07. The number of rotatable bonds is 0. The molecule has 0 N–H and O–H groups in total. The van der Waals surface area contributed by atoms with Crippen molar-refractivity contribution in [1.29, 1.82) is 0 Å². The first-order valence-corrected chi connectivity index (χ1v) is 3.94. The van der Waals surface area contributed by atoms with Crippen molar-refractivity contribution in [2.24, 2.45) is 15.6 Å². The Morgan fingerprint density at radius 1 is 1.56 bits per heavy atom. The Bertz CT molecular complexity index is 187. The Morgan fingerprint density at radius 2 is 2.22 bits per heavy atom. The Balaban J connectivity index is 2.34. The fourth-order valence-corrected chi connectivity index (χ4v) is 2.40. The third-order valence-electron chi connectivity index (χ3n) is 2.60. The van der Waals surface area contributed by atoms with E-state index in [0.717, 1.165) is 6.54 Å². The number of halogens is 1. The molecule has 0 saturated heterocycles. The maximum absolute atomic E-state index is 4.11. The fraction of sp³-hybridized carbons (Fsp3) is 1.00. The number of hydrogen-bond donors (Lipinski definition) is 0. The normalized spacial score (nSPS) is 51.2. The number of fused-ring (bicyclic) bond motifs is 1. The second-order valence-corrected chi connectivity index (χ2v) is 4.82. The Labute approximate surface area is 62.9 Å². The van der Waals surface area contributed by atoms with Gasteiger partial charge in [0.2, 0.25) is 0 Å². The predicted octanol–water partition coefficient (Wildman–Crippen LogP) is 1.99. The molecule has 9 heavy (non-hydrogen) atoms. The minimum Gasteiger partial charge on any atom is -0.192 e. The summed E-state index contributed by atoms with van der Waals surface area (Å²) in [5.41, 5.74) is 0.356. The lowest BCUT2D eigenvalue weighted by Crippen LogP contribution is -2.09. The second kappa shape index (κ2) is 1.24. The molecule has 0 radical (unpaired) electrons.